The van der Waals surface area contributed by atoms with E-state index in [1.807, 2.05) is 0 Å². The molecule has 0 aromatic rings. The molecule has 1 unspecified atom stereocenters. The number of hydrogen-bond donors (Lipinski definition) is 0. The molecule has 0 bridgehead atoms. The minimum atomic E-state index is -0.0456. The van der Waals surface area contributed by atoms with Crippen molar-refractivity contribution in [3.63, 3.8) is 0 Å². The highest BCUT2D eigenvalue weighted by atomic mass is 16.5. The van der Waals surface area contributed by atoms with E-state index in [0.29, 0.717) is 0 Å². The van der Waals surface area contributed by atoms with Gasteiger partial charge in [-0.2, -0.15) is 0 Å². The first kappa shape index (κ1) is 7.58. The molecule has 1 heterocycles. The molecule has 2 nitrogen and oxygen atoms in total. The molecule has 0 aromatic heterocycles. The minimum absolute atomic E-state index is 0.0456. The SMILES string of the molecule is CCCC1O[C]=NC1(C)C. The van der Waals surface area contributed by atoms with Gasteiger partial charge in [0, 0.05) is 0 Å². The Labute approximate surface area is 62.3 Å². The van der Waals surface area contributed by atoms with Crippen LogP contribution in [0.2, 0.25) is 0 Å². The van der Waals surface area contributed by atoms with E-state index >= 15 is 0 Å². The largest absolute Gasteiger partial charge is 0.468 e. The number of ether oxygens (including phenoxy) is 1. The van der Waals surface area contributed by atoms with Gasteiger partial charge in [0.25, 0.3) is 6.40 Å². The Bertz CT molecular complexity index is 140. The summed E-state index contributed by atoms with van der Waals surface area (Å²) in [6.45, 7) is 6.30. The van der Waals surface area contributed by atoms with E-state index < -0.39 is 0 Å². The summed E-state index contributed by atoms with van der Waals surface area (Å²) in [4.78, 5) is 4.10. The van der Waals surface area contributed by atoms with E-state index in [1.54, 1.807) is 0 Å². The fraction of sp³-hybridized carbons (Fsp3) is 0.875. The average molecular weight is 140 g/mol. The Morgan fingerprint density at radius 2 is 2.30 bits per heavy atom. The van der Waals surface area contributed by atoms with Crippen molar-refractivity contribution in [2.45, 2.75) is 45.3 Å². The van der Waals surface area contributed by atoms with Gasteiger partial charge in [-0.05, 0) is 20.3 Å². The lowest BCUT2D eigenvalue weighted by atomic mass is 9.95. The van der Waals surface area contributed by atoms with E-state index in [9.17, 15) is 0 Å². The summed E-state index contributed by atoms with van der Waals surface area (Å²) in [6, 6.07) is 0. The lowest BCUT2D eigenvalue weighted by Crippen LogP contribution is -2.30. The molecule has 10 heavy (non-hydrogen) atoms. The lowest BCUT2D eigenvalue weighted by Gasteiger charge is -2.21. The van der Waals surface area contributed by atoms with Gasteiger partial charge in [0.05, 0.1) is 5.54 Å². The van der Waals surface area contributed by atoms with Crippen molar-refractivity contribution in [1.82, 2.24) is 0 Å². The summed E-state index contributed by atoms with van der Waals surface area (Å²) in [7, 11) is 0. The highest BCUT2D eigenvalue weighted by molar-refractivity contribution is 5.51. The summed E-state index contributed by atoms with van der Waals surface area (Å²) in [5.41, 5.74) is -0.0456. The monoisotopic (exact) mass is 140 g/mol. The van der Waals surface area contributed by atoms with Gasteiger partial charge in [0.1, 0.15) is 6.10 Å². The smallest absolute Gasteiger partial charge is 0.274 e. The predicted octanol–water partition coefficient (Wildman–Crippen LogP) is 1.87. The van der Waals surface area contributed by atoms with Crippen LogP contribution in [0.25, 0.3) is 0 Å². The van der Waals surface area contributed by atoms with Gasteiger partial charge in [0.2, 0.25) is 0 Å². The van der Waals surface area contributed by atoms with Crippen LogP contribution in [0.15, 0.2) is 4.99 Å². The van der Waals surface area contributed by atoms with E-state index in [4.69, 9.17) is 4.74 Å². The highest BCUT2D eigenvalue weighted by Crippen LogP contribution is 2.25. The first-order valence-electron chi connectivity index (χ1n) is 3.79. The fourth-order valence-corrected chi connectivity index (χ4v) is 1.10. The van der Waals surface area contributed by atoms with Crippen molar-refractivity contribution in [3.8, 4) is 0 Å². The van der Waals surface area contributed by atoms with Crippen molar-refractivity contribution in [1.29, 1.82) is 0 Å². The Hall–Kier alpha value is -0.530. The van der Waals surface area contributed by atoms with Crippen molar-refractivity contribution in [2.24, 2.45) is 4.99 Å². The van der Waals surface area contributed by atoms with Crippen molar-refractivity contribution >= 4 is 6.40 Å². The molecule has 0 fully saturated rings. The van der Waals surface area contributed by atoms with Crippen LogP contribution in [0.4, 0.5) is 0 Å². The second kappa shape index (κ2) is 2.60. The maximum Gasteiger partial charge on any atom is 0.274 e. The Kier molecular flexibility index (Phi) is 1.97. The third-order valence-corrected chi connectivity index (χ3v) is 1.87. The fourth-order valence-electron chi connectivity index (χ4n) is 1.10. The third kappa shape index (κ3) is 1.31. The van der Waals surface area contributed by atoms with E-state index in [0.717, 1.165) is 12.8 Å². The molecule has 1 aliphatic rings. The minimum Gasteiger partial charge on any atom is -0.468 e. The van der Waals surface area contributed by atoms with Crippen LogP contribution in [-0.4, -0.2) is 18.0 Å². The zero-order chi connectivity index (χ0) is 7.61. The predicted molar refractivity (Wildman–Crippen MR) is 41.3 cm³/mol. The summed E-state index contributed by atoms with van der Waals surface area (Å²) in [6.07, 6.45) is 5.04. The Morgan fingerprint density at radius 3 is 2.70 bits per heavy atom. The molecule has 0 N–H and O–H groups in total. The van der Waals surface area contributed by atoms with Crippen LogP contribution in [0.1, 0.15) is 33.6 Å². The zero-order valence-electron chi connectivity index (χ0n) is 6.85. The van der Waals surface area contributed by atoms with Crippen LogP contribution in [-0.2, 0) is 4.74 Å². The second-order valence-electron chi connectivity index (χ2n) is 3.25. The van der Waals surface area contributed by atoms with Gasteiger partial charge >= 0.3 is 0 Å². The van der Waals surface area contributed by atoms with Crippen molar-refractivity contribution in [2.75, 3.05) is 0 Å². The third-order valence-electron chi connectivity index (χ3n) is 1.87. The molecule has 0 saturated carbocycles. The molecular weight excluding hydrogens is 126 g/mol. The summed E-state index contributed by atoms with van der Waals surface area (Å²) >= 11 is 0. The Balaban J connectivity index is 2.48. The molecule has 1 atom stereocenters. The van der Waals surface area contributed by atoms with Crippen LogP contribution >= 0.6 is 0 Å². The summed E-state index contributed by atoms with van der Waals surface area (Å²) < 4.78 is 5.19. The molecule has 2 heteroatoms. The topological polar surface area (TPSA) is 21.6 Å². The maximum atomic E-state index is 5.19. The summed E-state index contributed by atoms with van der Waals surface area (Å²) in [5, 5.41) is 0. The molecule has 1 rings (SSSR count). The average Bonchev–Trinajstić information content (AvgIpc) is 2.13. The standard InChI is InChI=1S/C8H14NO/c1-4-5-7-8(2,3)9-6-10-7/h7H,4-5H2,1-3H3. The second-order valence-corrected chi connectivity index (χ2v) is 3.25. The van der Waals surface area contributed by atoms with Gasteiger partial charge in [-0.25, -0.2) is 4.99 Å². The molecule has 0 spiro atoms. The van der Waals surface area contributed by atoms with E-state index in [1.165, 1.54) is 0 Å². The van der Waals surface area contributed by atoms with Crippen molar-refractivity contribution < 1.29 is 4.74 Å². The number of aliphatic imine (C=N–C) groups is 1. The van der Waals surface area contributed by atoms with Crippen LogP contribution in [0.5, 0.6) is 0 Å². The maximum absolute atomic E-state index is 5.19. The number of hydrogen-bond acceptors (Lipinski definition) is 2. The van der Waals surface area contributed by atoms with Gasteiger partial charge < -0.3 is 4.74 Å². The van der Waals surface area contributed by atoms with Gasteiger partial charge in [-0.15, -0.1) is 0 Å². The van der Waals surface area contributed by atoms with Crippen LogP contribution in [0.3, 0.4) is 0 Å². The molecule has 0 aliphatic carbocycles. The van der Waals surface area contributed by atoms with E-state index in [2.05, 4.69) is 32.2 Å². The van der Waals surface area contributed by atoms with Gasteiger partial charge in [-0.1, -0.05) is 13.3 Å². The quantitative estimate of drug-likeness (QED) is 0.573. The van der Waals surface area contributed by atoms with Crippen molar-refractivity contribution in [3.05, 3.63) is 0 Å². The molecule has 1 aliphatic heterocycles. The molecule has 0 saturated heterocycles. The zero-order valence-corrected chi connectivity index (χ0v) is 6.85. The lowest BCUT2D eigenvalue weighted by molar-refractivity contribution is 0.150. The number of rotatable bonds is 2. The molecular formula is C8H14NO. The first-order chi connectivity index (χ1) is 4.67. The molecule has 0 aromatic carbocycles. The first-order valence-corrected chi connectivity index (χ1v) is 3.79. The summed E-state index contributed by atoms with van der Waals surface area (Å²) in [5.74, 6) is 0. The molecule has 0 amide bonds. The Morgan fingerprint density at radius 1 is 1.60 bits per heavy atom. The van der Waals surface area contributed by atoms with Gasteiger partial charge in [0.15, 0.2) is 0 Å². The highest BCUT2D eigenvalue weighted by Gasteiger charge is 2.33. The number of nitrogens with zero attached hydrogens (tertiary/aromatic N) is 1. The van der Waals surface area contributed by atoms with Gasteiger partial charge in [-0.3, -0.25) is 0 Å². The van der Waals surface area contributed by atoms with Crippen LogP contribution < -0.4 is 0 Å². The molecule has 1 radical (unpaired) electrons. The molecule has 57 valence electrons. The van der Waals surface area contributed by atoms with Crippen LogP contribution in [0, 0.1) is 0 Å². The van der Waals surface area contributed by atoms with E-state index in [-0.39, 0.29) is 11.6 Å². The normalized spacial score (nSPS) is 28.5.